The molecule has 0 saturated carbocycles. The summed E-state index contributed by atoms with van der Waals surface area (Å²) in [6, 6.07) is 0. The number of rotatable bonds is 67. The van der Waals surface area contributed by atoms with Crippen LogP contribution in [-0.2, 0) is 25.7 Å². The lowest BCUT2D eigenvalue weighted by Gasteiger charge is -2.16. The molecule has 456 valence electrons. The molecule has 0 fully saturated rings. The third kappa shape index (κ3) is 54.1. The van der Waals surface area contributed by atoms with Crippen molar-refractivity contribution in [3.05, 3.63) is 22.8 Å². The minimum Gasteiger partial charge on any atom is -0.238 e. The summed E-state index contributed by atoms with van der Waals surface area (Å²) < 4.78 is 0. The summed E-state index contributed by atoms with van der Waals surface area (Å²) in [6.45, 7) is 9.23. The molecule has 2 heteroatoms. The molecule has 0 aliphatic heterocycles. The molecule has 2 nitrogen and oxygen atoms in total. The molecule has 0 bridgehead atoms. The standard InChI is InChI=1S/C75H146N2/c1-5-9-12-15-18-21-24-27-30-33-36-39-42-45-48-51-54-57-60-63-66-69-72-73(70-67-64-61-58-55-52-49-46-43-40-37-34-31-28-25-22-19-16-13-10-6-2)76-75(8-4)77-74(72)71-68-65-62-59-56-53-50-47-44-41-38-35-32-29-26-23-20-17-14-11-7-3/h5-71H2,1-4H3. The highest BCUT2D eigenvalue weighted by Crippen LogP contribution is 2.24. The van der Waals surface area contributed by atoms with Crippen molar-refractivity contribution in [1.29, 1.82) is 0 Å². The quantitative estimate of drug-likeness (QED) is 0.0608. The van der Waals surface area contributed by atoms with Crippen molar-refractivity contribution >= 4 is 0 Å². The monoisotopic (exact) mass is 1080 g/mol. The van der Waals surface area contributed by atoms with Gasteiger partial charge in [0.15, 0.2) is 0 Å². The number of nitrogens with zero attached hydrogens (tertiary/aromatic N) is 2. The normalized spacial score (nSPS) is 11.7. The summed E-state index contributed by atoms with van der Waals surface area (Å²) in [4.78, 5) is 10.6. The molecule has 0 atom stereocenters. The Bertz CT molecular complexity index is 1170. The lowest BCUT2D eigenvalue weighted by Crippen LogP contribution is -2.11. The summed E-state index contributed by atoms with van der Waals surface area (Å²) in [5.41, 5.74) is 4.48. The van der Waals surface area contributed by atoms with Crippen LogP contribution in [0.5, 0.6) is 0 Å². The molecule has 77 heavy (non-hydrogen) atoms. The summed E-state index contributed by atoms with van der Waals surface area (Å²) >= 11 is 0. The van der Waals surface area contributed by atoms with E-state index in [-0.39, 0.29) is 0 Å². The number of hydrogen-bond donors (Lipinski definition) is 0. The molecule has 0 N–H and O–H groups in total. The number of aromatic nitrogens is 2. The van der Waals surface area contributed by atoms with Crippen LogP contribution in [0.1, 0.15) is 455 Å². The maximum Gasteiger partial charge on any atom is 0.128 e. The Kier molecular flexibility index (Phi) is 61.8. The van der Waals surface area contributed by atoms with E-state index in [2.05, 4.69) is 27.7 Å². The highest BCUT2D eigenvalue weighted by atomic mass is 14.9. The van der Waals surface area contributed by atoms with Gasteiger partial charge in [-0.2, -0.15) is 0 Å². The van der Waals surface area contributed by atoms with Crippen molar-refractivity contribution < 1.29 is 0 Å². The molecule has 0 aliphatic carbocycles. The fourth-order valence-electron chi connectivity index (χ4n) is 12.7. The fourth-order valence-corrected chi connectivity index (χ4v) is 12.7. The van der Waals surface area contributed by atoms with Crippen LogP contribution < -0.4 is 0 Å². The van der Waals surface area contributed by atoms with Crippen molar-refractivity contribution in [3.8, 4) is 0 Å². The lowest BCUT2D eigenvalue weighted by atomic mass is 9.96. The van der Waals surface area contributed by atoms with Crippen LogP contribution in [0.25, 0.3) is 0 Å². The van der Waals surface area contributed by atoms with Gasteiger partial charge in [0.05, 0.1) is 0 Å². The first kappa shape index (κ1) is 74.1. The summed E-state index contributed by atoms with van der Waals surface area (Å²) in [5, 5.41) is 0. The van der Waals surface area contributed by atoms with Gasteiger partial charge in [-0.15, -0.1) is 0 Å². The molecule has 0 unspecified atom stereocenters. The predicted octanol–water partition coefficient (Wildman–Crippen LogP) is 27.3. The minimum atomic E-state index is 0.970. The largest absolute Gasteiger partial charge is 0.238 e. The highest BCUT2D eigenvalue weighted by molar-refractivity contribution is 5.27. The Morgan fingerprint density at radius 2 is 0.312 bits per heavy atom. The zero-order chi connectivity index (χ0) is 55.1. The molecule has 1 heterocycles. The summed E-state index contributed by atoms with van der Waals surface area (Å²) in [7, 11) is 0. The average molecular weight is 1080 g/mol. The Morgan fingerprint density at radius 1 is 0.169 bits per heavy atom. The van der Waals surface area contributed by atoms with Crippen LogP contribution in [0.4, 0.5) is 0 Å². The third-order valence-electron chi connectivity index (χ3n) is 18.1. The van der Waals surface area contributed by atoms with Gasteiger partial charge in [0.1, 0.15) is 5.82 Å². The molecule has 0 aromatic carbocycles. The maximum absolute atomic E-state index is 5.31. The van der Waals surface area contributed by atoms with Crippen LogP contribution in [0, 0.1) is 0 Å². The molecular weight excluding hydrogens is 929 g/mol. The van der Waals surface area contributed by atoms with Crippen LogP contribution >= 0.6 is 0 Å². The first-order chi connectivity index (χ1) is 38.3. The van der Waals surface area contributed by atoms with E-state index in [1.54, 1.807) is 5.56 Å². The predicted molar refractivity (Wildman–Crippen MR) is 350 cm³/mol. The Labute approximate surface area is 488 Å². The second kappa shape index (κ2) is 64.3. The van der Waals surface area contributed by atoms with E-state index in [1.165, 1.54) is 435 Å². The molecule has 1 aromatic heterocycles. The Morgan fingerprint density at radius 3 is 0.468 bits per heavy atom. The van der Waals surface area contributed by atoms with E-state index >= 15 is 0 Å². The van der Waals surface area contributed by atoms with Gasteiger partial charge in [0.25, 0.3) is 0 Å². The highest BCUT2D eigenvalue weighted by Gasteiger charge is 2.14. The van der Waals surface area contributed by atoms with E-state index in [0.717, 1.165) is 12.2 Å². The first-order valence-corrected chi connectivity index (χ1v) is 37.1. The van der Waals surface area contributed by atoms with Crippen molar-refractivity contribution in [1.82, 2.24) is 9.97 Å². The van der Waals surface area contributed by atoms with Crippen LogP contribution in [0.15, 0.2) is 0 Å². The van der Waals surface area contributed by atoms with Crippen molar-refractivity contribution in [2.24, 2.45) is 0 Å². The van der Waals surface area contributed by atoms with Crippen LogP contribution in [-0.4, -0.2) is 9.97 Å². The molecule has 0 aliphatic rings. The molecule has 0 saturated heterocycles. The smallest absolute Gasteiger partial charge is 0.128 e. The summed E-state index contributed by atoms with van der Waals surface area (Å²) in [6.07, 6.45) is 95.7. The molecule has 1 rings (SSSR count). The van der Waals surface area contributed by atoms with Gasteiger partial charge in [0.2, 0.25) is 0 Å². The van der Waals surface area contributed by atoms with Gasteiger partial charge in [-0.3, -0.25) is 0 Å². The van der Waals surface area contributed by atoms with Crippen LogP contribution in [0.3, 0.4) is 0 Å². The molecule has 0 amide bonds. The van der Waals surface area contributed by atoms with Gasteiger partial charge >= 0.3 is 0 Å². The van der Waals surface area contributed by atoms with Crippen molar-refractivity contribution in [2.75, 3.05) is 0 Å². The minimum absolute atomic E-state index is 0.970. The SMILES string of the molecule is CCCCCCCCCCCCCCCCCCCCCCCc1nc(CC)nc(CCCCCCCCCCCCCCCCCCCCCCC)c1CCCCCCCCCCCCCCCCCCCCCCC. The Balaban J connectivity index is 2.35. The lowest BCUT2D eigenvalue weighted by molar-refractivity contribution is 0.518. The van der Waals surface area contributed by atoms with Gasteiger partial charge < -0.3 is 0 Å². The average Bonchev–Trinajstić information content (AvgIpc) is 3.44. The topological polar surface area (TPSA) is 25.8 Å². The molecule has 0 spiro atoms. The van der Waals surface area contributed by atoms with Gasteiger partial charge in [-0.25, -0.2) is 9.97 Å². The first-order valence-electron chi connectivity index (χ1n) is 37.1. The Hall–Kier alpha value is -0.920. The number of unbranched alkanes of at least 4 members (excludes halogenated alkanes) is 60. The zero-order valence-corrected chi connectivity index (χ0v) is 54.3. The zero-order valence-electron chi connectivity index (χ0n) is 54.3. The molecular formula is C75H146N2. The van der Waals surface area contributed by atoms with Gasteiger partial charge in [-0.05, 0) is 44.1 Å². The molecule has 0 radical (unpaired) electrons. The fraction of sp³-hybridized carbons (Fsp3) is 0.947. The number of aryl methyl sites for hydroxylation is 3. The van der Waals surface area contributed by atoms with Crippen molar-refractivity contribution in [3.63, 3.8) is 0 Å². The second-order valence-electron chi connectivity index (χ2n) is 25.8. The molecule has 1 aromatic rings. The van der Waals surface area contributed by atoms with Crippen molar-refractivity contribution in [2.45, 2.75) is 458 Å². The van der Waals surface area contributed by atoms with E-state index in [1.807, 2.05) is 0 Å². The maximum atomic E-state index is 5.31. The van der Waals surface area contributed by atoms with E-state index < -0.39 is 0 Å². The van der Waals surface area contributed by atoms with E-state index in [0.29, 0.717) is 0 Å². The third-order valence-corrected chi connectivity index (χ3v) is 18.1. The second-order valence-corrected chi connectivity index (χ2v) is 25.8. The van der Waals surface area contributed by atoms with Crippen LogP contribution in [0.2, 0.25) is 0 Å². The summed E-state index contributed by atoms with van der Waals surface area (Å²) in [5.74, 6) is 1.12. The van der Waals surface area contributed by atoms with Gasteiger partial charge in [-0.1, -0.05) is 413 Å². The van der Waals surface area contributed by atoms with E-state index in [9.17, 15) is 0 Å². The number of hydrogen-bond acceptors (Lipinski definition) is 2. The van der Waals surface area contributed by atoms with Gasteiger partial charge in [0, 0.05) is 17.8 Å². The van der Waals surface area contributed by atoms with E-state index in [4.69, 9.17) is 9.97 Å².